The van der Waals surface area contributed by atoms with Crippen molar-refractivity contribution < 1.29 is 14.7 Å². The minimum Gasteiger partial charge on any atom is -0.507 e. The van der Waals surface area contributed by atoms with Gasteiger partial charge in [0.1, 0.15) is 5.76 Å². The van der Waals surface area contributed by atoms with E-state index in [4.69, 9.17) is 0 Å². The Morgan fingerprint density at radius 1 is 1.03 bits per heavy atom. The van der Waals surface area contributed by atoms with Crippen LogP contribution in [0.5, 0.6) is 0 Å². The molecule has 2 aromatic carbocycles. The lowest BCUT2D eigenvalue weighted by Gasteiger charge is -2.27. The fourth-order valence-electron chi connectivity index (χ4n) is 3.58. The molecule has 152 valence electrons. The van der Waals surface area contributed by atoms with Crippen LogP contribution in [0.1, 0.15) is 42.5 Å². The molecule has 29 heavy (non-hydrogen) atoms. The molecule has 0 saturated carbocycles. The van der Waals surface area contributed by atoms with Crippen molar-refractivity contribution in [2.24, 2.45) is 0 Å². The number of hydrogen-bond donors (Lipinski definition) is 1. The minimum absolute atomic E-state index is 0.130. The van der Waals surface area contributed by atoms with Gasteiger partial charge in [-0.05, 0) is 31.1 Å². The maximum absolute atomic E-state index is 12.9. The first-order chi connectivity index (χ1) is 13.8. The largest absolute Gasteiger partial charge is 0.507 e. The fraction of sp³-hybridized carbons (Fsp3) is 0.333. The lowest BCUT2D eigenvalue weighted by Crippen LogP contribution is -2.35. The van der Waals surface area contributed by atoms with E-state index < -0.39 is 17.7 Å². The van der Waals surface area contributed by atoms with Crippen LogP contribution in [-0.4, -0.2) is 53.8 Å². The molecule has 1 saturated heterocycles. The highest BCUT2D eigenvalue weighted by Crippen LogP contribution is 2.39. The second-order valence-corrected chi connectivity index (χ2v) is 7.98. The molecule has 0 bridgehead atoms. The van der Waals surface area contributed by atoms with Gasteiger partial charge in [-0.1, -0.05) is 68.4 Å². The predicted octanol–water partition coefficient (Wildman–Crippen LogP) is 3.79. The first-order valence-corrected chi connectivity index (χ1v) is 9.89. The Morgan fingerprint density at radius 3 is 2.21 bits per heavy atom. The van der Waals surface area contributed by atoms with E-state index in [9.17, 15) is 14.7 Å². The first-order valence-electron chi connectivity index (χ1n) is 9.89. The maximum Gasteiger partial charge on any atom is 0.295 e. The van der Waals surface area contributed by atoms with Gasteiger partial charge in [-0.25, -0.2) is 0 Å². The Labute approximate surface area is 172 Å². The number of carbonyl (C=O) groups is 2. The van der Waals surface area contributed by atoms with Gasteiger partial charge in [0.15, 0.2) is 0 Å². The van der Waals surface area contributed by atoms with Crippen LogP contribution in [0.2, 0.25) is 0 Å². The van der Waals surface area contributed by atoms with E-state index >= 15 is 0 Å². The molecular formula is C24H28N2O3. The molecule has 5 heteroatoms. The van der Waals surface area contributed by atoms with Crippen LogP contribution >= 0.6 is 0 Å². The van der Waals surface area contributed by atoms with Gasteiger partial charge in [0.25, 0.3) is 11.7 Å². The van der Waals surface area contributed by atoms with Crippen molar-refractivity contribution in [3.8, 4) is 0 Å². The number of rotatable bonds is 6. The van der Waals surface area contributed by atoms with E-state index in [-0.39, 0.29) is 11.3 Å². The van der Waals surface area contributed by atoms with Gasteiger partial charge in [0.05, 0.1) is 11.6 Å². The Hall–Kier alpha value is -2.92. The average molecular weight is 392 g/mol. The summed E-state index contributed by atoms with van der Waals surface area (Å²) in [5.74, 6) is -0.951. The molecule has 2 aromatic rings. The molecule has 0 aliphatic carbocycles. The van der Waals surface area contributed by atoms with Gasteiger partial charge in [0, 0.05) is 18.7 Å². The third-order valence-corrected chi connectivity index (χ3v) is 5.29. The van der Waals surface area contributed by atoms with Crippen molar-refractivity contribution in [2.45, 2.75) is 25.8 Å². The van der Waals surface area contributed by atoms with Crippen molar-refractivity contribution in [3.05, 3.63) is 76.9 Å². The van der Waals surface area contributed by atoms with Gasteiger partial charge in [0.2, 0.25) is 0 Å². The average Bonchev–Trinajstić information content (AvgIpc) is 2.97. The number of likely N-dealkylation sites (N-methyl/N-ethyl adjacent to an activating group) is 1. The van der Waals surface area contributed by atoms with Gasteiger partial charge in [-0.3, -0.25) is 9.59 Å². The zero-order chi connectivity index (χ0) is 21.1. The smallest absolute Gasteiger partial charge is 0.295 e. The number of amides is 1. The van der Waals surface area contributed by atoms with Gasteiger partial charge in [-0.15, -0.1) is 0 Å². The first kappa shape index (κ1) is 20.8. The molecule has 0 spiro atoms. The number of aliphatic hydroxyl groups is 1. The summed E-state index contributed by atoms with van der Waals surface area (Å²) >= 11 is 0. The molecule has 1 N–H and O–H groups in total. The highest BCUT2D eigenvalue weighted by atomic mass is 16.3. The maximum atomic E-state index is 12.9. The molecule has 1 aliphatic heterocycles. The second-order valence-electron chi connectivity index (χ2n) is 7.98. The van der Waals surface area contributed by atoms with Crippen molar-refractivity contribution in [3.63, 3.8) is 0 Å². The zero-order valence-electron chi connectivity index (χ0n) is 17.4. The van der Waals surface area contributed by atoms with Crippen LogP contribution < -0.4 is 0 Å². The topological polar surface area (TPSA) is 60.9 Å². The highest BCUT2D eigenvalue weighted by Gasteiger charge is 2.45. The van der Waals surface area contributed by atoms with E-state index in [1.165, 1.54) is 5.56 Å². The molecule has 3 rings (SSSR count). The Morgan fingerprint density at radius 2 is 1.66 bits per heavy atom. The number of likely N-dealkylation sites (tertiary alicyclic amines) is 1. The molecule has 1 atom stereocenters. The summed E-state index contributed by atoms with van der Waals surface area (Å²) in [4.78, 5) is 29.3. The van der Waals surface area contributed by atoms with Crippen molar-refractivity contribution >= 4 is 17.4 Å². The molecule has 0 radical (unpaired) electrons. The van der Waals surface area contributed by atoms with E-state index in [2.05, 4.69) is 13.8 Å². The third-order valence-electron chi connectivity index (χ3n) is 5.29. The number of benzene rings is 2. The normalized spacial score (nSPS) is 18.8. The van der Waals surface area contributed by atoms with E-state index in [0.29, 0.717) is 24.6 Å². The number of Topliss-reactive ketones (excluding diaryl/α,β-unsaturated/α-hetero) is 1. The van der Waals surface area contributed by atoms with Crippen LogP contribution in [0.25, 0.3) is 5.76 Å². The molecule has 5 nitrogen and oxygen atoms in total. The number of ketones is 1. The Balaban J connectivity index is 2.11. The molecule has 1 heterocycles. The molecule has 1 amide bonds. The van der Waals surface area contributed by atoms with E-state index in [0.717, 1.165) is 5.56 Å². The van der Waals surface area contributed by atoms with Crippen molar-refractivity contribution in [2.75, 3.05) is 27.2 Å². The summed E-state index contributed by atoms with van der Waals surface area (Å²) in [5, 5.41) is 10.9. The number of aliphatic hydroxyl groups excluding tert-OH is 1. The Kier molecular flexibility index (Phi) is 6.18. The molecule has 1 fully saturated rings. The number of nitrogens with zero attached hydrogens (tertiary/aromatic N) is 2. The van der Waals surface area contributed by atoms with Crippen LogP contribution in [0.4, 0.5) is 0 Å². The zero-order valence-corrected chi connectivity index (χ0v) is 17.4. The summed E-state index contributed by atoms with van der Waals surface area (Å²) in [7, 11) is 3.85. The predicted molar refractivity (Wildman–Crippen MR) is 115 cm³/mol. The molecule has 0 aromatic heterocycles. The number of carbonyl (C=O) groups excluding carboxylic acids is 2. The van der Waals surface area contributed by atoms with E-state index in [1.807, 2.05) is 49.3 Å². The minimum atomic E-state index is -0.636. The lowest BCUT2D eigenvalue weighted by atomic mass is 9.93. The van der Waals surface area contributed by atoms with Crippen molar-refractivity contribution in [1.29, 1.82) is 0 Å². The van der Waals surface area contributed by atoms with Gasteiger partial charge in [-0.2, -0.15) is 0 Å². The van der Waals surface area contributed by atoms with Crippen LogP contribution in [0, 0.1) is 0 Å². The molecule has 1 aliphatic rings. The summed E-state index contributed by atoms with van der Waals surface area (Å²) in [6.07, 6.45) is 0. The molecule has 0 unspecified atom stereocenters. The summed E-state index contributed by atoms with van der Waals surface area (Å²) < 4.78 is 0. The lowest BCUT2D eigenvalue weighted by molar-refractivity contribution is -0.140. The highest BCUT2D eigenvalue weighted by molar-refractivity contribution is 6.46. The summed E-state index contributed by atoms with van der Waals surface area (Å²) in [6.45, 7) is 5.26. The van der Waals surface area contributed by atoms with Gasteiger partial charge < -0.3 is 14.9 Å². The number of hydrogen-bond acceptors (Lipinski definition) is 4. The third kappa shape index (κ3) is 4.25. The Bertz CT molecular complexity index is 915. The summed E-state index contributed by atoms with van der Waals surface area (Å²) in [6, 6.07) is 16.3. The van der Waals surface area contributed by atoms with Crippen molar-refractivity contribution in [1.82, 2.24) is 9.80 Å². The van der Waals surface area contributed by atoms with Crippen LogP contribution in [-0.2, 0) is 9.59 Å². The monoisotopic (exact) mass is 392 g/mol. The van der Waals surface area contributed by atoms with Crippen LogP contribution in [0.15, 0.2) is 60.2 Å². The van der Waals surface area contributed by atoms with E-state index in [1.54, 1.807) is 29.2 Å². The second kappa shape index (κ2) is 8.62. The summed E-state index contributed by atoms with van der Waals surface area (Å²) in [5.41, 5.74) is 2.69. The SMILES string of the molecule is CC(C)c1ccc([C@H]2C(=C(O)c3ccccc3)C(=O)C(=O)N2CCN(C)C)cc1. The quantitative estimate of drug-likeness (QED) is 0.462. The molecular weight excluding hydrogens is 364 g/mol. The van der Waals surface area contributed by atoms with Gasteiger partial charge >= 0.3 is 0 Å². The van der Waals surface area contributed by atoms with Crippen LogP contribution in [0.3, 0.4) is 0 Å². The standard InChI is InChI=1S/C24H28N2O3/c1-16(2)17-10-12-18(13-11-17)21-20(22(27)19-8-6-5-7-9-19)23(28)24(29)26(21)15-14-25(3)4/h5-13,16,21,27H,14-15H2,1-4H3/t21-/m0/s1. The fourth-order valence-corrected chi connectivity index (χ4v) is 3.58.